The van der Waals surface area contributed by atoms with E-state index in [4.69, 9.17) is 9.47 Å². The van der Waals surface area contributed by atoms with Crippen LogP contribution in [-0.2, 0) is 9.47 Å². The number of phenols is 2. The van der Waals surface area contributed by atoms with E-state index in [0.29, 0.717) is 36.6 Å². The molecule has 0 saturated heterocycles. The smallest absolute Gasteiger partial charge is 0.321 e. The summed E-state index contributed by atoms with van der Waals surface area (Å²) < 4.78 is 11.3. The van der Waals surface area contributed by atoms with E-state index in [0.717, 1.165) is 20.4 Å². The second kappa shape index (κ2) is 13.4. The number of carbonyl (C=O) groups excluding carboxylic acids is 2. The van der Waals surface area contributed by atoms with Gasteiger partial charge in [-0.25, -0.2) is 19.6 Å². The van der Waals surface area contributed by atoms with E-state index in [1.165, 1.54) is 22.7 Å². The normalized spacial score (nSPS) is 10.5. The first-order valence-electron chi connectivity index (χ1n) is 10.6. The highest BCUT2D eigenvalue weighted by atomic mass is 32.1. The molecule has 0 unspecified atom stereocenters. The summed E-state index contributed by atoms with van der Waals surface area (Å²) in [6.45, 7) is 1.80. The number of rotatable bonds is 8. The standard InChI is InChI=1S/2C11H13N3O3S/c2*1-17-5-4-12-10(16)14-11-13-8-3-2-7(15)6-9(8)18-11/h2*2-3,6,15H,4-5H2,1H3,(H2,12,13,14,16). The van der Waals surface area contributed by atoms with Crippen molar-refractivity contribution in [2.24, 2.45) is 0 Å². The fourth-order valence-electron chi connectivity index (χ4n) is 2.75. The number of aromatic hydroxyl groups is 2. The van der Waals surface area contributed by atoms with E-state index in [1.54, 1.807) is 50.6 Å². The van der Waals surface area contributed by atoms with Gasteiger partial charge in [-0.05, 0) is 36.4 Å². The van der Waals surface area contributed by atoms with E-state index >= 15 is 0 Å². The molecule has 0 aliphatic heterocycles. The zero-order chi connectivity index (χ0) is 25.9. The number of amides is 4. The van der Waals surface area contributed by atoms with Crippen molar-refractivity contribution in [2.45, 2.75) is 0 Å². The van der Waals surface area contributed by atoms with Gasteiger partial charge in [0.1, 0.15) is 11.5 Å². The third-order valence-electron chi connectivity index (χ3n) is 4.37. The number of hydrogen-bond donors (Lipinski definition) is 6. The van der Waals surface area contributed by atoms with E-state index in [2.05, 4.69) is 31.2 Å². The molecule has 0 aliphatic carbocycles. The van der Waals surface area contributed by atoms with Crippen LogP contribution in [0.4, 0.5) is 19.9 Å². The van der Waals surface area contributed by atoms with Crippen molar-refractivity contribution < 1.29 is 29.3 Å². The minimum Gasteiger partial charge on any atom is -0.508 e. The highest BCUT2D eigenvalue weighted by molar-refractivity contribution is 7.22. The van der Waals surface area contributed by atoms with Crippen LogP contribution in [0.15, 0.2) is 36.4 Å². The summed E-state index contributed by atoms with van der Waals surface area (Å²) in [5.74, 6) is 0.365. The van der Waals surface area contributed by atoms with Gasteiger partial charge < -0.3 is 30.3 Å². The van der Waals surface area contributed by atoms with Crippen molar-refractivity contribution in [3.63, 3.8) is 0 Å². The van der Waals surface area contributed by atoms with Crippen LogP contribution in [0.25, 0.3) is 20.4 Å². The molecule has 2 aromatic carbocycles. The van der Waals surface area contributed by atoms with Crippen LogP contribution in [0, 0.1) is 0 Å². The van der Waals surface area contributed by atoms with Crippen molar-refractivity contribution in [1.82, 2.24) is 20.6 Å². The second-order valence-corrected chi connectivity index (χ2v) is 9.15. The van der Waals surface area contributed by atoms with Crippen molar-refractivity contribution in [1.29, 1.82) is 0 Å². The number of carbonyl (C=O) groups is 2. The average Bonchev–Trinajstić information content (AvgIpc) is 3.41. The third kappa shape index (κ3) is 8.20. The van der Waals surface area contributed by atoms with Gasteiger partial charge in [-0.2, -0.15) is 0 Å². The maximum Gasteiger partial charge on any atom is 0.321 e. The average molecular weight is 535 g/mol. The van der Waals surface area contributed by atoms with Crippen LogP contribution in [0.3, 0.4) is 0 Å². The molecule has 0 saturated carbocycles. The number of aromatic nitrogens is 2. The number of fused-ring (bicyclic) bond motifs is 2. The predicted molar refractivity (Wildman–Crippen MR) is 140 cm³/mol. The molecule has 0 atom stereocenters. The summed E-state index contributed by atoms with van der Waals surface area (Å²) in [4.78, 5) is 31.4. The third-order valence-corrected chi connectivity index (χ3v) is 6.24. The monoisotopic (exact) mass is 534 g/mol. The van der Waals surface area contributed by atoms with Gasteiger partial charge in [0.2, 0.25) is 0 Å². The summed E-state index contributed by atoms with van der Waals surface area (Å²) in [6.07, 6.45) is 0. The molecule has 12 nitrogen and oxygen atoms in total. The highest BCUT2D eigenvalue weighted by Gasteiger charge is 2.08. The van der Waals surface area contributed by atoms with E-state index in [1.807, 2.05) is 0 Å². The Morgan fingerprint density at radius 3 is 1.58 bits per heavy atom. The zero-order valence-electron chi connectivity index (χ0n) is 19.5. The summed E-state index contributed by atoms with van der Waals surface area (Å²) in [6, 6.07) is 9.10. The van der Waals surface area contributed by atoms with Gasteiger partial charge in [-0.15, -0.1) is 0 Å². The lowest BCUT2D eigenvalue weighted by Gasteiger charge is -2.03. The lowest BCUT2D eigenvalue weighted by molar-refractivity contribution is 0.198. The molecule has 4 amide bonds. The Hall–Kier alpha value is -3.72. The summed E-state index contributed by atoms with van der Waals surface area (Å²) in [7, 11) is 3.14. The largest absolute Gasteiger partial charge is 0.508 e. The fraction of sp³-hybridized carbons (Fsp3) is 0.273. The Bertz CT molecular complexity index is 1210. The molecule has 14 heteroatoms. The van der Waals surface area contributed by atoms with Gasteiger partial charge in [-0.3, -0.25) is 10.6 Å². The molecule has 36 heavy (non-hydrogen) atoms. The van der Waals surface area contributed by atoms with Gasteiger partial charge in [0.15, 0.2) is 10.3 Å². The maximum atomic E-state index is 11.5. The van der Waals surface area contributed by atoms with Gasteiger partial charge in [-0.1, -0.05) is 22.7 Å². The fourth-order valence-corrected chi connectivity index (χ4v) is 4.54. The number of nitrogens with one attached hydrogen (secondary N) is 4. The lowest BCUT2D eigenvalue weighted by Crippen LogP contribution is -2.31. The van der Waals surface area contributed by atoms with Gasteiger partial charge >= 0.3 is 12.1 Å². The van der Waals surface area contributed by atoms with E-state index < -0.39 is 0 Å². The van der Waals surface area contributed by atoms with Gasteiger partial charge in [0.05, 0.1) is 33.6 Å². The van der Waals surface area contributed by atoms with Crippen molar-refractivity contribution in [3.8, 4) is 11.5 Å². The summed E-state index contributed by atoms with van der Waals surface area (Å²) >= 11 is 2.61. The maximum absolute atomic E-state index is 11.5. The Balaban J connectivity index is 0.000000201. The number of anilines is 2. The summed E-state index contributed by atoms with van der Waals surface area (Å²) in [5.41, 5.74) is 1.48. The van der Waals surface area contributed by atoms with Crippen LogP contribution in [0.5, 0.6) is 11.5 Å². The minimum absolute atomic E-state index is 0.183. The van der Waals surface area contributed by atoms with Crippen LogP contribution < -0.4 is 21.3 Å². The quantitative estimate of drug-likeness (QED) is 0.187. The molecule has 192 valence electrons. The number of methoxy groups -OCH3 is 2. The molecule has 4 rings (SSSR count). The minimum atomic E-state index is -0.324. The molecule has 0 fully saturated rings. The molecule has 0 bridgehead atoms. The first-order chi connectivity index (χ1) is 17.4. The number of urea groups is 2. The van der Waals surface area contributed by atoms with Crippen LogP contribution in [0.2, 0.25) is 0 Å². The first kappa shape index (κ1) is 26.9. The molecule has 6 N–H and O–H groups in total. The lowest BCUT2D eigenvalue weighted by atomic mass is 10.3. The SMILES string of the molecule is COCCNC(=O)Nc1nc2ccc(O)cc2s1.COCCNC(=O)Nc1nc2ccc(O)cc2s1. The first-order valence-corrected chi connectivity index (χ1v) is 12.3. The Labute approximate surface area is 214 Å². The molecular formula is C22H26N6O6S2. The molecule has 4 aromatic rings. The Morgan fingerprint density at radius 1 is 0.778 bits per heavy atom. The Kier molecular flexibility index (Phi) is 10.00. The number of benzene rings is 2. The van der Waals surface area contributed by atoms with Gasteiger partial charge in [0, 0.05) is 27.3 Å². The summed E-state index contributed by atoms with van der Waals surface area (Å²) in [5, 5.41) is 30.2. The number of hydrogen-bond acceptors (Lipinski definition) is 10. The van der Waals surface area contributed by atoms with Crippen molar-refractivity contribution >= 4 is 65.4 Å². The van der Waals surface area contributed by atoms with Crippen LogP contribution in [0.1, 0.15) is 0 Å². The molecule has 0 radical (unpaired) electrons. The van der Waals surface area contributed by atoms with Crippen LogP contribution >= 0.6 is 22.7 Å². The molecule has 0 spiro atoms. The highest BCUT2D eigenvalue weighted by Crippen LogP contribution is 2.29. The molecular weight excluding hydrogens is 508 g/mol. The number of phenolic OH excluding ortho intramolecular Hbond substituents is 2. The molecule has 2 heterocycles. The topological polar surface area (TPSA) is 167 Å². The predicted octanol–water partition coefficient (Wildman–Crippen LogP) is 3.54. The number of nitrogens with zero attached hydrogens (tertiary/aromatic N) is 2. The Morgan fingerprint density at radius 2 is 1.19 bits per heavy atom. The molecule has 2 aromatic heterocycles. The van der Waals surface area contributed by atoms with Gasteiger partial charge in [0.25, 0.3) is 0 Å². The number of thiazole rings is 2. The molecule has 0 aliphatic rings. The second-order valence-electron chi connectivity index (χ2n) is 7.09. The van der Waals surface area contributed by atoms with Crippen molar-refractivity contribution in [3.05, 3.63) is 36.4 Å². The zero-order valence-corrected chi connectivity index (χ0v) is 21.2. The number of ether oxygens (including phenoxy) is 2. The van der Waals surface area contributed by atoms with Crippen molar-refractivity contribution in [2.75, 3.05) is 51.2 Å². The van der Waals surface area contributed by atoms with E-state index in [-0.39, 0.29) is 23.6 Å². The van der Waals surface area contributed by atoms with Crippen LogP contribution in [-0.4, -0.2) is 72.8 Å². The van der Waals surface area contributed by atoms with E-state index in [9.17, 15) is 19.8 Å².